The molecule has 0 spiro atoms. The van der Waals surface area contributed by atoms with E-state index in [1.54, 1.807) is 4.90 Å². The summed E-state index contributed by atoms with van der Waals surface area (Å²) < 4.78 is 4.58. The molecule has 0 radical (unpaired) electrons. The van der Waals surface area contributed by atoms with Crippen LogP contribution in [0, 0.1) is 0 Å². The van der Waals surface area contributed by atoms with Crippen molar-refractivity contribution in [3.05, 3.63) is 5.82 Å². The molecule has 94 valence electrons. The van der Waals surface area contributed by atoms with Crippen LogP contribution in [0.2, 0.25) is 0 Å². The normalized spacial score (nSPS) is 10.5. The molecule has 0 bridgehead atoms. The number of hydrogen-bond acceptors (Lipinski definition) is 8. The lowest BCUT2D eigenvalue weighted by Crippen LogP contribution is -2.31. The number of ether oxygens (including phenoxy) is 1. The number of nitrogen functional groups attached to an aromatic ring is 2. The molecule has 1 aromatic rings. The minimum atomic E-state index is -0.318. The van der Waals surface area contributed by atoms with Gasteiger partial charge in [0.05, 0.1) is 20.2 Å². The van der Waals surface area contributed by atoms with Crippen molar-refractivity contribution in [2.75, 3.05) is 31.7 Å². The summed E-state index contributed by atoms with van der Waals surface area (Å²) >= 11 is 0. The molecule has 1 heterocycles. The Hall–Kier alpha value is -1.96. The van der Waals surface area contributed by atoms with Crippen LogP contribution in [0.5, 0.6) is 0 Å². The third kappa shape index (κ3) is 4.19. The topological polar surface area (TPSA) is 120 Å². The zero-order valence-corrected chi connectivity index (χ0v) is 9.88. The summed E-state index contributed by atoms with van der Waals surface area (Å²) in [6, 6.07) is 0. The second-order valence-corrected chi connectivity index (χ2v) is 3.35. The standard InChI is InChI=1S/C9H16N6O2/c1-3-15(5-7(16)17-2)4-6-12-8(10)14-9(11)13-6/h3-5H2,1-2H3,(H4,10,11,12,13,14). The molecule has 0 aliphatic heterocycles. The van der Waals surface area contributed by atoms with Gasteiger partial charge in [-0.15, -0.1) is 0 Å². The average molecular weight is 240 g/mol. The van der Waals surface area contributed by atoms with Gasteiger partial charge in [-0.1, -0.05) is 6.92 Å². The molecule has 0 amide bonds. The van der Waals surface area contributed by atoms with E-state index in [1.807, 2.05) is 6.92 Å². The zero-order chi connectivity index (χ0) is 12.8. The molecule has 4 N–H and O–H groups in total. The lowest BCUT2D eigenvalue weighted by molar-refractivity contribution is -0.142. The van der Waals surface area contributed by atoms with Crippen LogP contribution in [0.1, 0.15) is 12.7 Å². The number of carbonyl (C=O) groups excluding carboxylic acids is 1. The van der Waals surface area contributed by atoms with Crippen LogP contribution in [0.15, 0.2) is 0 Å². The Morgan fingerprint density at radius 1 is 1.29 bits per heavy atom. The van der Waals surface area contributed by atoms with Crippen molar-refractivity contribution < 1.29 is 9.53 Å². The minimum absolute atomic E-state index is 0.0709. The van der Waals surface area contributed by atoms with Crippen molar-refractivity contribution in [3.8, 4) is 0 Å². The quantitative estimate of drug-likeness (QED) is 0.631. The van der Waals surface area contributed by atoms with Crippen molar-refractivity contribution in [2.45, 2.75) is 13.5 Å². The maximum Gasteiger partial charge on any atom is 0.319 e. The van der Waals surface area contributed by atoms with E-state index in [0.717, 1.165) is 0 Å². The number of anilines is 2. The molecule has 0 atom stereocenters. The first-order valence-corrected chi connectivity index (χ1v) is 5.10. The van der Waals surface area contributed by atoms with E-state index in [4.69, 9.17) is 11.5 Å². The van der Waals surface area contributed by atoms with E-state index in [9.17, 15) is 4.79 Å². The van der Waals surface area contributed by atoms with Gasteiger partial charge in [-0.25, -0.2) is 0 Å². The molecule has 0 unspecified atom stereocenters. The second-order valence-electron chi connectivity index (χ2n) is 3.35. The molecule has 0 fully saturated rings. The van der Waals surface area contributed by atoms with Gasteiger partial charge in [0.15, 0.2) is 0 Å². The average Bonchev–Trinajstić information content (AvgIpc) is 2.26. The lowest BCUT2D eigenvalue weighted by Gasteiger charge is -2.17. The van der Waals surface area contributed by atoms with Crippen LogP contribution in [0.25, 0.3) is 0 Å². The van der Waals surface area contributed by atoms with Gasteiger partial charge in [0.1, 0.15) is 5.82 Å². The van der Waals surface area contributed by atoms with Gasteiger partial charge in [-0.2, -0.15) is 15.0 Å². The number of hydrogen-bond donors (Lipinski definition) is 2. The highest BCUT2D eigenvalue weighted by Gasteiger charge is 2.12. The second kappa shape index (κ2) is 5.94. The Balaban J connectivity index is 2.70. The van der Waals surface area contributed by atoms with E-state index < -0.39 is 0 Å². The molecular formula is C9H16N6O2. The van der Waals surface area contributed by atoms with Gasteiger partial charge >= 0.3 is 5.97 Å². The monoisotopic (exact) mass is 240 g/mol. The van der Waals surface area contributed by atoms with Crippen LogP contribution in [0.4, 0.5) is 11.9 Å². The smallest absolute Gasteiger partial charge is 0.319 e. The summed E-state index contributed by atoms with van der Waals surface area (Å²) in [5.74, 6) is 0.255. The minimum Gasteiger partial charge on any atom is -0.468 e. The first kappa shape index (κ1) is 13.1. The maximum atomic E-state index is 11.1. The summed E-state index contributed by atoms with van der Waals surface area (Å²) in [6.07, 6.45) is 0. The highest BCUT2D eigenvalue weighted by Crippen LogP contribution is 2.03. The zero-order valence-electron chi connectivity index (χ0n) is 9.88. The summed E-state index contributed by atoms with van der Waals surface area (Å²) in [7, 11) is 1.34. The third-order valence-corrected chi connectivity index (χ3v) is 2.11. The van der Waals surface area contributed by atoms with Crippen molar-refractivity contribution in [1.29, 1.82) is 0 Å². The molecule has 17 heavy (non-hydrogen) atoms. The maximum absolute atomic E-state index is 11.1. The Morgan fingerprint density at radius 3 is 2.35 bits per heavy atom. The number of nitrogens with zero attached hydrogens (tertiary/aromatic N) is 4. The molecule has 1 rings (SSSR count). The molecule has 1 aromatic heterocycles. The Morgan fingerprint density at radius 2 is 1.88 bits per heavy atom. The largest absolute Gasteiger partial charge is 0.468 e. The summed E-state index contributed by atoms with van der Waals surface area (Å²) in [6.45, 7) is 3.10. The van der Waals surface area contributed by atoms with Gasteiger partial charge < -0.3 is 16.2 Å². The van der Waals surface area contributed by atoms with Crippen LogP contribution in [-0.4, -0.2) is 46.0 Å². The number of rotatable bonds is 5. The van der Waals surface area contributed by atoms with Gasteiger partial charge in [-0.3, -0.25) is 9.69 Å². The number of nitrogens with two attached hydrogens (primary N) is 2. The summed E-state index contributed by atoms with van der Waals surface area (Å²) in [4.78, 5) is 24.5. The Bertz CT molecular complexity index is 377. The molecule has 0 saturated carbocycles. The van der Waals surface area contributed by atoms with Crippen molar-refractivity contribution in [1.82, 2.24) is 19.9 Å². The summed E-state index contributed by atoms with van der Waals surface area (Å²) in [5, 5.41) is 0. The van der Waals surface area contributed by atoms with Crippen LogP contribution >= 0.6 is 0 Å². The highest BCUT2D eigenvalue weighted by molar-refractivity contribution is 5.71. The molecular weight excluding hydrogens is 224 g/mol. The van der Waals surface area contributed by atoms with E-state index >= 15 is 0 Å². The van der Waals surface area contributed by atoms with Crippen molar-refractivity contribution >= 4 is 17.9 Å². The third-order valence-electron chi connectivity index (χ3n) is 2.11. The van der Waals surface area contributed by atoms with E-state index in [-0.39, 0.29) is 24.4 Å². The first-order valence-electron chi connectivity index (χ1n) is 5.10. The Labute approximate surface area is 99.0 Å². The molecule has 0 saturated heterocycles. The number of aromatic nitrogens is 3. The highest BCUT2D eigenvalue weighted by atomic mass is 16.5. The summed E-state index contributed by atoms with van der Waals surface area (Å²) in [5.41, 5.74) is 10.9. The number of methoxy groups -OCH3 is 1. The first-order chi connectivity index (χ1) is 8.05. The Kier molecular flexibility index (Phi) is 4.58. The van der Waals surface area contributed by atoms with Crippen molar-refractivity contribution in [2.24, 2.45) is 0 Å². The molecule has 8 heteroatoms. The van der Waals surface area contributed by atoms with Crippen LogP contribution in [-0.2, 0) is 16.1 Å². The molecule has 0 aliphatic rings. The van der Waals surface area contributed by atoms with Gasteiger partial charge in [-0.05, 0) is 6.54 Å². The van der Waals surface area contributed by atoms with Gasteiger partial charge in [0, 0.05) is 0 Å². The van der Waals surface area contributed by atoms with Gasteiger partial charge in [0.25, 0.3) is 0 Å². The van der Waals surface area contributed by atoms with Crippen molar-refractivity contribution in [3.63, 3.8) is 0 Å². The van der Waals surface area contributed by atoms with Gasteiger partial charge in [0.2, 0.25) is 11.9 Å². The molecule has 0 aliphatic carbocycles. The van der Waals surface area contributed by atoms with Crippen LogP contribution < -0.4 is 11.5 Å². The lowest BCUT2D eigenvalue weighted by atomic mass is 10.4. The fraction of sp³-hybridized carbons (Fsp3) is 0.556. The fourth-order valence-corrected chi connectivity index (χ4v) is 1.25. The predicted octanol–water partition coefficient (Wildman–Crippen LogP) is -0.969. The van der Waals surface area contributed by atoms with E-state index in [1.165, 1.54) is 7.11 Å². The van der Waals surface area contributed by atoms with Crippen LogP contribution in [0.3, 0.4) is 0 Å². The SMILES string of the molecule is CCN(CC(=O)OC)Cc1nc(N)nc(N)n1. The predicted molar refractivity (Wildman–Crippen MR) is 61.6 cm³/mol. The molecule has 8 nitrogen and oxygen atoms in total. The number of esters is 1. The molecule has 0 aromatic carbocycles. The van der Waals surface area contributed by atoms with E-state index in [0.29, 0.717) is 18.9 Å². The fourth-order valence-electron chi connectivity index (χ4n) is 1.25. The number of carbonyl (C=O) groups is 1. The number of likely N-dealkylation sites (N-methyl/N-ethyl adjacent to an activating group) is 1. The van der Waals surface area contributed by atoms with E-state index in [2.05, 4.69) is 19.7 Å².